The van der Waals surface area contributed by atoms with Gasteiger partial charge in [0.05, 0.1) is 18.4 Å². The Hall–Kier alpha value is -3.66. The van der Waals surface area contributed by atoms with Crippen LogP contribution in [-0.2, 0) is 24.7 Å². The largest absolute Gasteiger partial charge is 0.393 e. The molecule has 0 aromatic heterocycles. The molecule has 8 nitrogen and oxygen atoms in total. The Kier molecular flexibility index (Phi) is 6.96. The van der Waals surface area contributed by atoms with E-state index in [9.17, 15) is 23.2 Å². The van der Waals surface area contributed by atoms with Gasteiger partial charge in [0, 0.05) is 18.1 Å². The quantitative estimate of drug-likeness (QED) is 0.218. The van der Waals surface area contributed by atoms with Crippen LogP contribution < -0.4 is 17.2 Å². The van der Waals surface area contributed by atoms with Gasteiger partial charge in [-0.3, -0.25) is 19.8 Å². The van der Waals surface area contributed by atoms with Gasteiger partial charge in [-0.1, -0.05) is 24.3 Å². The number of rotatable bonds is 8. The molecule has 2 aromatic carbocycles. The number of ether oxygens (including phenoxy) is 1. The number of halogens is 2. The van der Waals surface area contributed by atoms with Crippen molar-refractivity contribution in [3.63, 3.8) is 0 Å². The van der Waals surface area contributed by atoms with Crippen molar-refractivity contribution in [2.24, 2.45) is 17.2 Å². The molecule has 2 aromatic rings. The van der Waals surface area contributed by atoms with Crippen molar-refractivity contribution in [1.29, 1.82) is 5.41 Å². The molecule has 0 spiro atoms. The molecule has 158 valence electrons. The van der Waals surface area contributed by atoms with Crippen LogP contribution in [-0.4, -0.2) is 23.7 Å². The van der Waals surface area contributed by atoms with E-state index in [-0.39, 0.29) is 23.4 Å². The molecule has 0 bridgehead atoms. The number of primary amides is 1. The van der Waals surface area contributed by atoms with Crippen molar-refractivity contribution < 1.29 is 27.9 Å². The number of hydrogen-bond acceptors (Lipinski definition) is 6. The van der Waals surface area contributed by atoms with Crippen molar-refractivity contribution in [3.05, 3.63) is 70.8 Å². The second kappa shape index (κ2) is 9.23. The molecule has 0 aliphatic heterocycles. The Morgan fingerprint density at radius 1 is 0.900 bits per heavy atom. The maximum Gasteiger partial charge on any atom is 0.316 e. The van der Waals surface area contributed by atoms with Crippen LogP contribution in [0, 0.1) is 17.0 Å². The van der Waals surface area contributed by atoms with Crippen LogP contribution >= 0.6 is 0 Å². The average Bonchev–Trinajstić information content (AvgIpc) is 2.65. The highest BCUT2D eigenvalue weighted by Crippen LogP contribution is 2.32. The summed E-state index contributed by atoms with van der Waals surface area (Å²) in [5, 5.41) is 7.44. The molecule has 7 N–H and O–H groups in total. The van der Waals surface area contributed by atoms with Gasteiger partial charge in [0.15, 0.2) is 0 Å². The van der Waals surface area contributed by atoms with Gasteiger partial charge < -0.3 is 21.9 Å². The van der Waals surface area contributed by atoms with Crippen molar-refractivity contribution in [2.45, 2.75) is 24.8 Å². The summed E-state index contributed by atoms with van der Waals surface area (Å²) >= 11 is 0. The molecule has 1 unspecified atom stereocenters. The summed E-state index contributed by atoms with van der Waals surface area (Å²) in [4.78, 5) is 34.8. The molecule has 0 aliphatic rings. The average molecular weight is 418 g/mol. The molecule has 1 atom stereocenters. The summed E-state index contributed by atoms with van der Waals surface area (Å²) in [5.41, 5.74) is 15.6. The zero-order valence-corrected chi connectivity index (χ0v) is 15.8. The molecule has 0 fully saturated rings. The van der Waals surface area contributed by atoms with Crippen molar-refractivity contribution in [1.82, 2.24) is 0 Å². The SMILES string of the molecule is N=C(N)c1ccc(C(N)(CC(=O)OC(=O)CCC(N)=O)c2cc(F)cc(F)c2)cc1. The summed E-state index contributed by atoms with van der Waals surface area (Å²) in [7, 11) is 0. The number of nitrogen functional groups attached to an aromatic ring is 1. The lowest BCUT2D eigenvalue weighted by molar-refractivity contribution is -0.160. The lowest BCUT2D eigenvalue weighted by atomic mass is 9.80. The first-order valence-corrected chi connectivity index (χ1v) is 8.73. The number of nitrogens with two attached hydrogens (primary N) is 3. The van der Waals surface area contributed by atoms with Crippen LogP contribution in [0.4, 0.5) is 8.78 Å². The first kappa shape index (κ1) is 22.6. The number of carbonyl (C=O) groups excluding carboxylic acids is 3. The Morgan fingerprint density at radius 2 is 1.47 bits per heavy atom. The third-order valence-corrected chi connectivity index (χ3v) is 4.32. The van der Waals surface area contributed by atoms with Gasteiger partial charge in [-0.2, -0.15) is 0 Å². The van der Waals surface area contributed by atoms with Crippen molar-refractivity contribution in [2.75, 3.05) is 0 Å². The van der Waals surface area contributed by atoms with Crippen LogP contribution in [0.25, 0.3) is 0 Å². The molecule has 1 amide bonds. The normalized spacial score (nSPS) is 12.6. The van der Waals surface area contributed by atoms with Crippen molar-refractivity contribution >= 4 is 23.7 Å². The van der Waals surface area contributed by atoms with Gasteiger partial charge in [-0.15, -0.1) is 0 Å². The van der Waals surface area contributed by atoms with E-state index in [4.69, 9.17) is 22.6 Å². The van der Waals surface area contributed by atoms with E-state index >= 15 is 0 Å². The maximum atomic E-state index is 13.8. The van der Waals surface area contributed by atoms with E-state index in [2.05, 4.69) is 4.74 Å². The summed E-state index contributed by atoms with van der Waals surface area (Å²) in [6.07, 6.45) is -1.35. The van der Waals surface area contributed by atoms with E-state index < -0.39 is 47.9 Å². The summed E-state index contributed by atoms with van der Waals surface area (Å²) in [5.74, 6) is -4.82. The molecule has 30 heavy (non-hydrogen) atoms. The fraction of sp³-hybridized carbons (Fsp3) is 0.200. The van der Waals surface area contributed by atoms with Crippen molar-refractivity contribution in [3.8, 4) is 0 Å². The first-order valence-electron chi connectivity index (χ1n) is 8.73. The molecule has 0 saturated heterocycles. The van der Waals surface area contributed by atoms with Crippen LogP contribution in [0.2, 0.25) is 0 Å². The van der Waals surface area contributed by atoms with E-state index in [1.807, 2.05) is 0 Å². The van der Waals surface area contributed by atoms with Gasteiger partial charge >= 0.3 is 11.9 Å². The zero-order chi connectivity index (χ0) is 22.5. The number of nitrogens with one attached hydrogen (secondary N) is 1. The number of benzene rings is 2. The Labute approximate surface area is 170 Å². The number of esters is 2. The van der Waals surface area contributed by atoms with E-state index in [0.717, 1.165) is 12.1 Å². The van der Waals surface area contributed by atoms with Crippen LogP contribution in [0.1, 0.15) is 36.0 Å². The molecule has 0 saturated carbocycles. The van der Waals surface area contributed by atoms with Gasteiger partial charge in [0.25, 0.3) is 0 Å². The number of carbonyl (C=O) groups is 3. The Balaban J connectivity index is 2.38. The fourth-order valence-corrected chi connectivity index (χ4v) is 2.80. The van der Waals surface area contributed by atoms with E-state index in [1.165, 1.54) is 24.3 Å². The predicted molar refractivity (Wildman–Crippen MR) is 103 cm³/mol. The van der Waals surface area contributed by atoms with Crippen LogP contribution in [0.15, 0.2) is 42.5 Å². The Bertz CT molecular complexity index is 975. The lowest BCUT2D eigenvalue weighted by Gasteiger charge is -2.30. The molecular formula is C20H20F2N4O4. The van der Waals surface area contributed by atoms with E-state index in [0.29, 0.717) is 11.6 Å². The summed E-state index contributed by atoms with van der Waals surface area (Å²) < 4.78 is 32.3. The minimum absolute atomic E-state index is 0.0721. The Morgan fingerprint density at radius 3 is 1.97 bits per heavy atom. The molecule has 0 radical (unpaired) electrons. The predicted octanol–water partition coefficient (Wildman–Crippen LogP) is 1.18. The summed E-state index contributed by atoms with van der Waals surface area (Å²) in [6.45, 7) is 0. The zero-order valence-electron chi connectivity index (χ0n) is 15.8. The smallest absolute Gasteiger partial charge is 0.316 e. The second-order valence-electron chi connectivity index (χ2n) is 6.61. The molecule has 2 rings (SSSR count). The van der Waals surface area contributed by atoms with Crippen LogP contribution in [0.5, 0.6) is 0 Å². The van der Waals surface area contributed by atoms with Gasteiger partial charge in [0.1, 0.15) is 17.5 Å². The minimum Gasteiger partial charge on any atom is -0.393 e. The van der Waals surface area contributed by atoms with E-state index in [1.54, 1.807) is 0 Å². The minimum atomic E-state index is -1.76. The monoisotopic (exact) mass is 418 g/mol. The van der Waals surface area contributed by atoms with Crippen LogP contribution in [0.3, 0.4) is 0 Å². The number of amidine groups is 1. The highest BCUT2D eigenvalue weighted by molar-refractivity contribution is 5.95. The third-order valence-electron chi connectivity index (χ3n) is 4.32. The number of amides is 1. The second-order valence-corrected chi connectivity index (χ2v) is 6.61. The van der Waals surface area contributed by atoms with Gasteiger partial charge in [-0.05, 0) is 23.3 Å². The molecule has 0 heterocycles. The third kappa shape index (κ3) is 5.67. The summed E-state index contributed by atoms with van der Waals surface area (Å²) in [6, 6.07) is 8.38. The van der Waals surface area contributed by atoms with Gasteiger partial charge in [0.2, 0.25) is 5.91 Å². The highest BCUT2D eigenvalue weighted by Gasteiger charge is 2.35. The van der Waals surface area contributed by atoms with Gasteiger partial charge in [-0.25, -0.2) is 8.78 Å². The maximum absolute atomic E-state index is 13.8. The molecule has 10 heteroatoms. The number of hydrogen-bond donors (Lipinski definition) is 4. The highest BCUT2D eigenvalue weighted by atomic mass is 19.1. The lowest BCUT2D eigenvalue weighted by Crippen LogP contribution is -2.41. The topological polar surface area (TPSA) is 162 Å². The molecule has 0 aliphatic carbocycles. The molecular weight excluding hydrogens is 398 g/mol. The fourth-order valence-electron chi connectivity index (χ4n) is 2.80. The first-order chi connectivity index (χ1) is 14.0. The standard InChI is InChI=1S/C20H20F2N4O4/c21-14-7-13(8-15(22)9-14)20(26,12-3-1-11(2-4-12)19(24)25)10-18(29)30-17(28)6-5-16(23)27/h1-4,7-9H,5-6,10,26H2,(H2,23,27)(H3,24,25).